The number of amides is 1. The number of allylic oxidation sites excluding steroid dienone is 3. The Hall–Kier alpha value is -1.02. The Balaban J connectivity index is 3.96. The molecular formula is C41H81N2O6P. The Bertz CT molecular complexity index is 876. The van der Waals surface area contributed by atoms with Crippen LogP contribution in [-0.2, 0) is 18.4 Å². The van der Waals surface area contributed by atoms with Crippen molar-refractivity contribution < 1.29 is 32.9 Å². The summed E-state index contributed by atoms with van der Waals surface area (Å²) in [5, 5.41) is 13.4. The number of aliphatic hydroxyl groups excluding tert-OH is 1. The second-order valence-corrected chi connectivity index (χ2v) is 16.8. The second-order valence-electron chi connectivity index (χ2n) is 15.3. The number of carbonyl (C=O) groups is 1. The maximum atomic E-state index is 12.3. The SMILES string of the molecule is CCCCCCCCCCCCCCCCCCCCCC/C=C/CC/C=C/C(O)C(COP(=O)([O-])OCC[N+](C)(C)C)NC(=O)CCCC. The van der Waals surface area contributed by atoms with E-state index in [2.05, 4.69) is 24.4 Å². The molecule has 9 heteroatoms. The normalized spacial score (nSPS) is 14.8. The molecule has 50 heavy (non-hydrogen) atoms. The van der Waals surface area contributed by atoms with Gasteiger partial charge in [-0.15, -0.1) is 0 Å². The Morgan fingerprint density at radius 2 is 1.12 bits per heavy atom. The summed E-state index contributed by atoms with van der Waals surface area (Å²) in [5.74, 6) is -0.243. The van der Waals surface area contributed by atoms with Gasteiger partial charge in [-0.2, -0.15) is 0 Å². The highest BCUT2D eigenvalue weighted by atomic mass is 31.2. The van der Waals surface area contributed by atoms with Gasteiger partial charge in [0.1, 0.15) is 13.2 Å². The van der Waals surface area contributed by atoms with Crippen molar-refractivity contribution in [2.24, 2.45) is 0 Å². The lowest BCUT2D eigenvalue weighted by molar-refractivity contribution is -0.870. The van der Waals surface area contributed by atoms with E-state index in [1.165, 1.54) is 128 Å². The number of aliphatic hydroxyl groups is 1. The molecule has 8 nitrogen and oxygen atoms in total. The zero-order valence-corrected chi connectivity index (χ0v) is 34.2. The summed E-state index contributed by atoms with van der Waals surface area (Å²) in [4.78, 5) is 24.6. The number of carbonyl (C=O) groups excluding carboxylic acids is 1. The van der Waals surface area contributed by atoms with Gasteiger partial charge in [0.15, 0.2) is 0 Å². The smallest absolute Gasteiger partial charge is 0.268 e. The number of likely N-dealkylation sites (N-methyl/N-ethyl adjacent to an activating group) is 1. The molecule has 0 fully saturated rings. The van der Waals surface area contributed by atoms with Gasteiger partial charge in [0.25, 0.3) is 7.82 Å². The highest BCUT2D eigenvalue weighted by molar-refractivity contribution is 7.45. The van der Waals surface area contributed by atoms with Crippen molar-refractivity contribution in [3.05, 3.63) is 24.3 Å². The van der Waals surface area contributed by atoms with E-state index < -0.39 is 26.6 Å². The van der Waals surface area contributed by atoms with Crippen LogP contribution < -0.4 is 10.2 Å². The fourth-order valence-electron chi connectivity index (χ4n) is 5.79. The highest BCUT2D eigenvalue weighted by Gasteiger charge is 2.23. The van der Waals surface area contributed by atoms with E-state index in [1.54, 1.807) is 6.08 Å². The summed E-state index contributed by atoms with van der Waals surface area (Å²) < 4.78 is 22.8. The predicted molar refractivity (Wildman–Crippen MR) is 210 cm³/mol. The van der Waals surface area contributed by atoms with Gasteiger partial charge in [-0.25, -0.2) is 0 Å². The van der Waals surface area contributed by atoms with Gasteiger partial charge in [0, 0.05) is 6.42 Å². The van der Waals surface area contributed by atoms with Crippen molar-refractivity contribution >= 4 is 13.7 Å². The van der Waals surface area contributed by atoms with Crippen molar-refractivity contribution in [1.82, 2.24) is 5.32 Å². The largest absolute Gasteiger partial charge is 0.756 e. The summed E-state index contributed by atoms with van der Waals surface area (Å²) in [7, 11) is 1.24. The fourth-order valence-corrected chi connectivity index (χ4v) is 6.52. The summed E-state index contributed by atoms with van der Waals surface area (Å²) in [6.07, 6.45) is 39.4. The first-order valence-electron chi connectivity index (χ1n) is 20.7. The Morgan fingerprint density at radius 3 is 1.60 bits per heavy atom. The number of nitrogens with one attached hydrogen (secondary N) is 1. The molecule has 0 saturated carbocycles. The standard InChI is InChI=1S/C41H81N2O6P/c1-6-8-10-11-12-13-14-15-16-17-18-19-20-21-22-23-24-25-26-27-28-29-30-31-32-33-34-40(44)39(42-41(45)35-9-7-2)38-49-50(46,47)48-37-36-43(3,4)5/h29-30,33-34,39-40,44H,6-28,31-32,35-38H2,1-5H3,(H-,42,45,46,47)/b30-29+,34-33+. The minimum Gasteiger partial charge on any atom is -0.756 e. The molecule has 0 aromatic heterocycles. The fraction of sp³-hybridized carbons (Fsp3) is 0.878. The van der Waals surface area contributed by atoms with Crippen molar-refractivity contribution in [2.75, 3.05) is 40.9 Å². The van der Waals surface area contributed by atoms with Gasteiger partial charge >= 0.3 is 0 Å². The maximum Gasteiger partial charge on any atom is 0.268 e. The molecule has 0 aliphatic rings. The maximum absolute atomic E-state index is 12.3. The molecule has 0 heterocycles. The quantitative estimate of drug-likeness (QED) is 0.0285. The third-order valence-electron chi connectivity index (χ3n) is 9.16. The minimum atomic E-state index is -4.56. The molecule has 0 saturated heterocycles. The Kier molecular flexibility index (Phi) is 33.1. The van der Waals surface area contributed by atoms with E-state index in [9.17, 15) is 19.4 Å². The number of quaternary nitrogens is 1. The third-order valence-corrected chi connectivity index (χ3v) is 10.1. The summed E-state index contributed by atoms with van der Waals surface area (Å²) in [6, 6.07) is -0.894. The average Bonchev–Trinajstić information content (AvgIpc) is 3.06. The molecule has 0 radical (unpaired) electrons. The zero-order chi connectivity index (χ0) is 37.2. The van der Waals surface area contributed by atoms with Crippen molar-refractivity contribution in [1.29, 1.82) is 0 Å². The molecule has 0 aromatic rings. The zero-order valence-electron chi connectivity index (χ0n) is 33.4. The van der Waals surface area contributed by atoms with Gasteiger partial charge in [-0.05, 0) is 32.1 Å². The summed E-state index contributed by atoms with van der Waals surface area (Å²) in [5.41, 5.74) is 0. The second kappa shape index (κ2) is 33.8. The molecule has 0 rings (SSSR count). The number of phosphoric ester groups is 1. The third kappa shape index (κ3) is 35.4. The van der Waals surface area contributed by atoms with Crippen LogP contribution >= 0.6 is 7.82 Å². The number of hydrogen-bond acceptors (Lipinski definition) is 6. The van der Waals surface area contributed by atoms with Crippen LogP contribution in [0.15, 0.2) is 24.3 Å². The first kappa shape index (κ1) is 49.0. The van der Waals surface area contributed by atoms with E-state index in [1.807, 2.05) is 34.1 Å². The van der Waals surface area contributed by atoms with Crippen LogP contribution in [0, 0.1) is 0 Å². The average molecular weight is 729 g/mol. The van der Waals surface area contributed by atoms with Crippen LogP contribution in [0.3, 0.4) is 0 Å². The van der Waals surface area contributed by atoms with Gasteiger partial charge in [-0.3, -0.25) is 9.36 Å². The number of rotatable bonds is 37. The number of phosphoric acid groups is 1. The molecule has 3 atom stereocenters. The van der Waals surface area contributed by atoms with Gasteiger partial charge in [0.2, 0.25) is 5.91 Å². The molecule has 3 unspecified atom stereocenters. The van der Waals surface area contributed by atoms with Crippen LogP contribution in [-0.4, -0.2) is 68.5 Å². The van der Waals surface area contributed by atoms with E-state index in [0.29, 0.717) is 23.9 Å². The first-order chi connectivity index (χ1) is 24.0. The number of hydrogen-bond donors (Lipinski definition) is 2. The number of nitrogens with zero attached hydrogens (tertiary/aromatic N) is 1. The monoisotopic (exact) mass is 729 g/mol. The van der Waals surface area contributed by atoms with Gasteiger partial charge in [0.05, 0.1) is 39.9 Å². The van der Waals surface area contributed by atoms with E-state index in [-0.39, 0.29) is 12.5 Å². The van der Waals surface area contributed by atoms with Crippen LogP contribution in [0.4, 0.5) is 0 Å². The topological polar surface area (TPSA) is 108 Å². The molecule has 2 N–H and O–H groups in total. The molecule has 1 amide bonds. The van der Waals surface area contributed by atoms with Gasteiger partial charge in [-0.1, -0.05) is 167 Å². The number of unbranched alkanes of at least 4 members (excludes halogenated alkanes) is 22. The lowest BCUT2D eigenvalue weighted by Gasteiger charge is -2.29. The summed E-state index contributed by atoms with van der Waals surface area (Å²) >= 11 is 0. The van der Waals surface area contributed by atoms with Crippen LogP contribution in [0.25, 0.3) is 0 Å². The van der Waals surface area contributed by atoms with Crippen LogP contribution in [0.5, 0.6) is 0 Å². The predicted octanol–water partition coefficient (Wildman–Crippen LogP) is 10.3. The van der Waals surface area contributed by atoms with Crippen LogP contribution in [0.2, 0.25) is 0 Å². The molecule has 0 spiro atoms. The van der Waals surface area contributed by atoms with Gasteiger partial charge < -0.3 is 28.8 Å². The van der Waals surface area contributed by atoms with Crippen molar-refractivity contribution in [2.45, 2.75) is 193 Å². The van der Waals surface area contributed by atoms with E-state index in [0.717, 1.165) is 25.7 Å². The molecule has 0 aliphatic carbocycles. The molecule has 0 aromatic carbocycles. The van der Waals surface area contributed by atoms with Crippen molar-refractivity contribution in [3.8, 4) is 0 Å². The van der Waals surface area contributed by atoms with E-state index in [4.69, 9.17) is 9.05 Å². The lowest BCUT2D eigenvalue weighted by Crippen LogP contribution is -2.45. The first-order valence-corrected chi connectivity index (χ1v) is 22.2. The van der Waals surface area contributed by atoms with E-state index >= 15 is 0 Å². The minimum absolute atomic E-state index is 0.00658. The molecule has 0 aliphatic heterocycles. The Morgan fingerprint density at radius 1 is 0.680 bits per heavy atom. The highest BCUT2D eigenvalue weighted by Crippen LogP contribution is 2.38. The lowest BCUT2D eigenvalue weighted by atomic mass is 10.0. The Labute approximate surface area is 309 Å². The molecule has 0 bridgehead atoms. The van der Waals surface area contributed by atoms with Crippen LogP contribution in [0.1, 0.15) is 181 Å². The summed E-state index contributed by atoms with van der Waals surface area (Å²) in [6.45, 7) is 4.37. The molecular weight excluding hydrogens is 647 g/mol. The van der Waals surface area contributed by atoms with Crippen molar-refractivity contribution in [3.63, 3.8) is 0 Å². The molecule has 296 valence electrons.